The van der Waals surface area contributed by atoms with Crippen molar-refractivity contribution in [2.45, 2.75) is 19.2 Å². The Bertz CT molecular complexity index is 678. The summed E-state index contributed by atoms with van der Waals surface area (Å²) < 4.78 is 50.3. The number of ether oxygens (including phenoxy) is 3. The molecule has 0 saturated heterocycles. The Morgan fingerprint density at radius 3 is 1.83 bits per heavy atom. The Balaban J connectivity index is 2.02. The van der Waals surface area contributed by atoms with Gasteiger partial charge in [0.15, 0.2) is 0 Å². The molecule has 2 aromatic rings. The zero-order valence-corrected chi connectivity index (χ0v) is 13.0. The molecule has 128 valence electrons. The second-order valence-corrected chi connectivity index (χ2v) is 4.94. The summed E-state index contributed by atoms with van der Waals surface area (Å²) in [5, 5.41) is 0. The highest BCUT2D eigenvalue weighted by molar-refractivity contribution is 5.77. The fourth-order valence-electron chi connectivity index (χ4n) is 1.98. The van der Waals surface area contributed by atoms with Gasteiger partial charge in [0.2, 0.25) is 0 Å². The molecule has 0 bridgehead atoms. The normalized spacial score (nSPS) is 12.4. The maximum Gasteiger partial charge on any atom is 0.573 e. The monoisotopic (exact) mass is 340 g/mol. The van der Waals surface area contributed by atoms with Crippen molar-refractivity contribution in [1.29, 1.82) is 0 Å². The first-order valence-electron chi connectivity index (χ1n) is 7.00. The van der Waals surface area contributed by atoms with Crippen LogP contribution in [0.15, 0.2) is 48.5 Å². The second-order valence-electron chi connectivity index (χ2n) is 4.94. The van der Waals surface area contributed by atoms with Gasteiger partial charge in [-0.1, -0.05) is 12.1 Å². The Hall–Kier alpha value is -2.70. The number of hydrogen-bond acceptors (Lipinski definition) is 4. The smallest absolute Gasteiger partial charge is 0.469 e. The van der Waals surface area contributed by atoms with Crippen LogP contribution in [0, 0.1) is 0 Å². The van der Waals surface area contributed by atoms with Crippen molar-refractivity contribution in [3.05, 3.63) is 54.1 Å². The number of carbonyl (C=O) groups excluding carboxylic acids is 1. The molecular formula is C17H15F3O4. The molecule has 4 nitrogen and oxygen atoms in total. The molecule has 1 unspecified atom stereocenters. The highest BCUT2D eigenvalue weighted by atomic mass is 19.4. The summed E-state index contributed by atoms with van der Waals surface area (Å²) in [5.41, 5.74) is 0.767. The van der Waals surface area contributed by atoms with Crippen molar-refractivity contribution >= 4 is 5.97 Å². The zero-order chi connectivity index (χ0) is 17.7. The lowest BCUT2D eigenvalue weighted by atomic mass is 10.0. The van der Waals surface area contributed by atoms with Crippen LogP contribution in [0.1, 0.15) is 18.4 Å². The fourth-order valence-corrected chi connectivity index (χ4v) is 1.98. The molecule has 0 saturated carbocycles. The second kappa shape index (κ2) is 7.25. The van der Waals surface area contributed by atoms with Gasteiger partial charge in [-0.15, -0.1) is 13.2 Å². The average Bonchev–Trinajstić information content (AvgIpc) is 2.54. The van der Waals surface area contributed by atoms with Crippen molar-refractivity contribution in [1.82, 2.24) is 0 Å². The molecule has 0 N–H and O–H groups in total. The third-order valence-corrected chi connectivity index (χ3v) is 3.23. The minimum atomic E-state index is -4.73. The summed E-state index contributed by atoms with van der Waals surface area (Å²) in [6.45, 7) is 1.72. The topological polar surface area (TPSA) is 44.8 Å². The van der Waals surface area contributed by atoms with Crippen LogP contribution in [0.25, 0.3) is 0 Å². The Labute approximate surface area is 136 Å². The average molecular weight is 340 g/mol. The van der Waals surface area contributed by atoms with Gasteiger partial charge in [-0.2, -0.15) is 0 Å². The van der Waals surface area contributed by atoms with Crippen molar-refractivity contribution in [2.75, 3.05) is 7.11 Å². The van der Waals surface area contributed by atoms with Gasteiger partial charge in [-0.3, -0.25) is 4.79 Å². The fraction of sp³-hybridized carbons (Fsp3) is 0.235. The zero-order valence-electron chi connectivity index (χ0n) is 13.0. The highest BCUT2D eigenvalue weighted by Crippen LogP contribution is 2.28. The van der Waals surface area contributed by atoms with Crippen LogP contribution in [0.2, 0.25) is 0 Å². The molecule has 7 heteroatoms. The number of benzene rings is 2. The van der Waals surface area contributed by atoms with Crippen molar-refractivity contribution in [2.24, 2.45) is 0 Å². The number of alkyl halides is 3. The van der Waals surface area contributed by atoms with Gasteiger partial charge in [0.25, 0.3) is 0 Å². The van der Waals surface area contributed by atoms with E-state index in [-0.39, 0.29) is 11.7 Å². The van der Waals surface area contributed by atoms with E-state index >= 15 is 0 Å². The van der Waals surface area contributed by atoms with E-state index in [0.717, 1.165) is 17.7 Å². The molecule has 24 heavy (non-hydrogen) atoms. The molecule has 0 aliphatic carbocycles. The van der Waals surface area contributed by atoms with Crippen LogP contribution in [-0.2, 0) is 9.53 Å². The van der Waals surface area contributed by atoms with Crippen molar-refractivity contribution < 1.29 is 32.2 Å². The van der Waals surface area contributed by atoms with Gasteiger partial charge in [0.05, 0.1) is 13.0 Å². The van der Waals surface area contributed by atoms with E-state index in [4.69, 9.17) is 4.74 Å². The predicted octanol–water partition coefficient (Wildman–Crippen LogP) is 4.65. The SMILES string of the molecule is COC(=O)C(C)c1ccc(Oc2ccc(OC(F)(F)F)cc2)cc1. The summed E-state index contributed by atoms with van der Waals surface area (Å²) in [5.74, 6) is -0.220. The maximum absolute atomic E-state index is 12.1. The van der Waals surface area contributed by atoms with Gasteiger partial charge < -0.3 is 14.2 Å². The molecule has 0 aromatic heterocycles. The highest BCUT2D eigenvalue weighted by Gasteiger charge is 2.30. The van der Waals surface area contributed by atoms with Crippen molar-refractivity contribution in [3.8, 4) is 17.2 Å². The lowest BCUT2D eigenvalue weighted by Crippen LogP contribution is -2.16. The maximum atomic E-state index is 12.1. The lowest BCUT2D eigenvalue weighted by molar-refractivity contribution is -0.274. The number of hydrogen-bond donors (Lipinski definition) is 0. The quantitative estimate of drug-likeness (QED) is 0.743. The molecule has 2 aromatic carbocycles. The molecule has 0 aliphatic heterocycles. The molecule has 1 atom stereocenters. The number of halogens is 3. The molecule has 0 aliphatic rings. The van der Waals surface area contributed by atoms with Gasteiger partial charge in [-0.05, 0) is 48.9 Å². The molecule has 0 spiro atoms. The van der Waals surface area contributed by atoms with E-state index in [2.05, 4.69) is 9.47 Å². The Kier molecular flexibility index (Phi) is 5.33. The van der Waals surface area contributed by atoms with Gasteiger partial charge in [0.1, 0.15) is 17.2 Å². The predicted molar refractivity (Wildman–Crippen MR) is 80.1 cm³/mol. The van der Waals surface area contributed by atoms with Gasteiger partial charge in [0, 0.05) is 0 Å². The standard InChI is InChI=1S/C17H15F3O4/c1-11(16(21)22-2)12-3-5-13(6-4-12)23-14-7-9-15(10-8-14)24-17(18,19)20/h3-11H,1-2H3. The number of carbonyl (C=O) groups is 1. The van der Waals surface area contributed by atoms with Crippen LogP contribution in [0.3, 0.4) is 0 Å². The van der Waals surface area contributed by atoms with E-state index in [1.165, 1.54) is 19.2 Å². The van der Waals surface area contributed by atoms with Crippen LogP contribution in [-0.4, -0.2) is 19.4 Å². The van der Waals surface area contributed by atoms with Gasteiger partial charge in [-0.25, -0.2) is 0 Å². The summed E-state index contributed by atoms with van der Waals surface area (Å²) in [4.78, 5) is 11.5. The van der Waals surface area contributed by atoms with Gasteiger partial charge >= 0.3 is 12.3 Å². The first kappa shape index (κ1) is 17.7. The van der Waals surface area contributed by atoms with Crippen LogP contribution in [0.5, 0.6) is 17.2 Å². The molecule has 0 heterocycles. The Morgan fingerprint density at radius 2 is 1.38 bits per heavy atom. The van der Waals surface area contributed by atoms with E-state index < -0.39 is 12.3 Å². The van der Waals surface area contributed by atoms with Crippen LogP contribution < -0.4 is 9.47 Å². The number of methoxy groups -OCH3 is 1. The minimum absolute atomic E-state index is 0.322. The Morgan fingerprint density at radius 1 is 0.917 bits per heavy atom. The molecule has 0 amide bonds. The van der Waals surface area contributed by atoms with E-state index in [1.54, 1.807) is 31.2 Å². The van der Waals surface area contributed by atoms with Crippen molar-refractivity contribution in [3.63, 3.8) is 0 Å². The first-order valence-corrected chi connectivity index (χ1v) is 7.00. The molecule has 2 rings (SSSR count). The van der Waals surface area contributed by atoms with E-state index in [0.29, 0.717) is 11.5 Å². The lowest BCUT2D eigenvalue weighted by Gasteiger charge is -2.12. The third-order valence-electron chi connectivity index (χ3n) is 3.23. The minimum Gasteiger partial charge on any atom is -0.469 e. The van der Waals surface area contributed by atoms with Crippen LogP contribution >= 0.6 is 0 Å². The summed E-state index contributed by atoms with van der Waals surface area (Å²) in [7, 11) is 1.32. The van der Waals surface area contributed by atoms with E-state index in [1.807, 2.05) is 0 Å². The number of esters is 1. The molecule has 0 fully saturated rings. The summed E-state index contributed by atoms with van der Waals surface area (Å²) >= 11 is 0. The molecule has 0 radical (unpaired) electrons. The van der Waals surface area contributed by atoms with E-state index in [9.17, 15) is 18.0 Å². The van der Waals surface area contributed by atoms with Crippen LogP contribution in [0.4, 0.5) is 13.2 Å². The largest absolute Gasteiger partial charge is 0.573 e. The molecular weight excluding hydrogens is 325 g/mol. The first-order chi connectivity index (χ1) is 11.3. The number of rotatable bonds is 5. The summed E-state index contributed by atoms with van der Waals surface area (Å²) in [6.07, 6.45) is -4.73. The third kappa shape index (κ3) is 4.91. The summed E-state index contributed by atoms with van der Waals surface area (Å²) in [6, 6.07) is 11.8.